The summed E-state index contributed by atoms with van der Waals surface area (Å²) in [6, 6.07) is 0. The molecule has 0 bridgehead atoms. The molecule has 0 heterocycles. The molecule has 0 unspecified atom stereocenters. The largest absolute Gasteiger partial charge is 0.413 e. The Hall–Kier alpha value is -0.0831. The Balaban J connectivity index is 3.97. The van der Waals surface area contributed by atoms with E-state index in [-0.39, 0.29) is 0 Å². The minimum Gasteiger partial charge on any atom is -0.413 e. The molecule has 78 valence electrons. The predicted molar refractivity (Wildman–Crippen MR) is 62.6 cm³/mol. The minimum absolute atomic E-state index is 0.326. The van der Waals surface area contributed by atoms with E-state index in [0.29, 0.717) is 5.04 Å². The topological polar surface area (TPSA) is 9.23 Å². The molecule has 0 radical (unpaired) electrons. The normalized spacial score (nSPS) is 14.0. The van der Waals surface area contributed by atoms with E-state index in [4.69, 9.17) is 4.43 Å². The Morgan fingerprint density at radius 1 is 1.15 bits per heavy atom. The van der Waals surface area contributed by atoms with Gasteiger partial charge in [0.15, 0.2) is 8.32 Å². The van der Waals surface area contributed by atoms with Crippen LogP contribution >= 0.6 is 0 Å². The summed E-state index contributed by atoms with van der Waals surface area (Å²) >= 11 is 0. The molecule has 0 amide bonds. The first-order valence-corrected chi connectivity index (χ1v) is 8.01. The zero-order valence-corrected chi connectivity index (χ0v) is 11.0. The van der Waals surface area contributed by atoms with Gasteiger partial charge in [0.25, 0.3) is 0 Å². The van der Waals surface area contributed by atoms with Crippen LogP contribution in [0.15, 0.2) is 12.2 Å². The molecule has 1 nitrogen and oxygen atoms in total. The van der Waals surface area contributed by atoms with Gasteiger partial charge in [-0.15, -0.1) is 0 Å². The summed E-state index contributed by atoms with van der Waals surface area (Å²) in [5.74, 6) is 0. The SMILES string of the molecule is CC/C=C\CO[Si](C)(C)C(C)(C)C. The van der Waals surface area contributed by atoms with Crippen molar-refractivity contribution in [2.45, 2.75) is 52.2 Å². The van der Waals surface area contributed by atoms with Crippen LogP contribution in [0.3, 0.4) is 0 Å². The second-order valence-corrected chi connectivity index (χ2v) is 9.76. The zero-order chi connectivity index (χ0) is 10.5. The third-order valence-electron chi connectivity index (χ3n) is 2.75. The van der Waals surface area contributed by atoms with E-state index in [1.807, 2.05) is 0 Å². The van der Waals surface area contributed by atoms with Crippen molar-refractivity contribution >= 4 is 8.32 Å². The van der Waals surface area contributed by atoms with E-state index < -0.39 is 8.32 Å². The van der Waals surface area contributed by atoms with Crippen LogP contribution < -0.4 is 0 Å². The lowest BCUT2D eigenvalue weighted by atomic mass is 10.2. The van der Waals surface area contributed by atoms with Crippen LogP contribution in [0.5, 0.6) is 0 Å². The molecule has 0 atom stereocenters. The molecular formula is C11H24OSi. The van der Waals surface area contributed by atoms with Gasteiger partial charge in [-0.1, -0.05) is 39.8 Å². The first kappa shape index (κ1) is 12.9. The molecule has 0 spiro atoms. The van der Waals surface area contributed by atoms with Crippen LogP contribution in [-0.2, 0) is 4.43 Å². The van der Waals surface area contributed by atoms with Gasteiger partial charge in [-0.3, -0.25) is 0 Å². The fourth-order valence-electron chi connectivity index (χ4n) is 0.708. The first-order chi connectivity index (χ1) is 5.81. The molecular weight excluding hydrogens is 176 g/mol. The van der Waals surface area contributed by atoms with E-state index in [9.17, 15) is 0 Å². The fraction of sp³-hybridized carbons (Fsp3) is 0.818. The van der Waals surface area contributed by atoms with Crippen molar-refractivity contribution in [2.75, 3.05) is 6.61 Å². The number of allylic oxidation sites excluding steroid dienone is 1. The smallest absolute Gasteiger partial charge is 0.192 e. The summed E-state index contributed by atoms with van der Waals surface area (Å²) in [5.41, 5.74) is 0. The van der Waals surface area contributed by atoms with E-state index >= 15 is 0 Å². The van der Waals surface area contributed by atoms with Gasteiger partial charge in [-0.05, 0) is 24.6 Å². The van der Waals surface area contributed by atoms with Crippen molar-refractivity contribution in [2.24, 2.45) is 0 Å². The lowest BCUT2D eigenvalue weighted by molar-refractivity contribution is 0.327. The van der Waals surface area contributed by atoms with Gasteiger partial charge in [-0.2, -0.15) is 0 Å². The van der Waals surface area contributed by atoms with Gasteiger partial charge >= 0.3 is 0 Å². The Morgan fingerprint density at radius 3 is 2.08 bits per heavy atom. The van der Waals surface area contributed by atoms with Gasteiger partial charge in [0.1, 0.15) is 0 Å². The lowest BCUT2D eigenvalue weighted by Gasteiger charge is -2.35. The van der Waals surface area contributed by atoms with Crippen LogP contribution in [0.4, 0.5) is 0 Å². The standard InChI is InChI=1S/C11H24OSi/c1-7-8-9-10-12-13(5,6)11(2,3)4/h8-9H,7,10H2,1-6H3/b9-8-. The van der Waals surface area contributed by atoms with E-state index in [1.165, 1.54) is 0 Å². The van der Waals surface area contributed by atoms with Gasteiger partial charge in [0, 0.05) is 0 Å². The summed E-state index contributed by atoms with van der Waals surface area (Å²) in [6.07, 6.45) is 5.38. The molecule has 2 heteroatoms. The second-order valence-electron chi connectivity index (χ2n) is 4.95. The quantitative estimate of drug-likeness (QED) is 0.493. The van der Waals surface area contributed by atoms with Crippen molar-refractivity contribution in [3.8, 4) is 0 Å². The summed E-state index contributed by atoms with van der Waals surface area (Å²) in [6.45, 7) is 14.3. The average Bonchev–Trinajstić information content (AvgIpc) is 1.96. The molecule has 0 rings (SSSR count). The monoisotopic (exact) mass is 200 g/mol. The van der Waals surface area contributed by atoms with Gasteiger partial charge in [-0.25, -0.2) is 0 Å². The van der Waals surface area contributed by atoms with Gasteiger partial charge < -0.3 is 4.43 Å². The van der Waals surface area contributed by atoms with Crippen molar-refractivity contribution in [1.29, 1.82) is 0 Å². The van der Waals surface area contributed by atoms with Crippen LogP contribution in [-0.4, -0.2) is 14.9 Å². The number of hydrogen-bond donors (Lipinski definition) is 0. The molecule has 0 aliphatic rings. The number of rotatable bonds is 4. The number of hydrogen-bond acceptors (Lipinski definition) is 1. The molecule has 13 heavy (non-hydrogen) atoms. The summed E-state index contributed by atoms with van der Waals surface area (Å²) < 4.78 is 5.95. The molecule has 0 fully saturated rings. The fourth-order valence-corrected chi connectivity index (χ4v) is 1.65. The molecule has 0 aromatic heterocycles. The highest BCUT2D eigenvalue weighted by molar-refractivity contribution is 6.74. The Morgan fingerprint density at radius 2 is 1.69 bits per heavy atom. The molecule has 0 saturated heterocycles. The predicted octanol–water partition coefficient (Wildman–Crippen LogP) is 3.97. The van der Waals surface area contributed by atoms with E-state index in [0.717, 1.165) is 13.0 Å². The van der Waals surface area contributed by atoms with Crippen LogP contribution in [0.2, 0.25) is 18.1 Å². The zero-order valence-electron chi connectivity index (χ0n) is 9.98. The van der Waals surface area contributed by atoms with Crippen molar-refractivity contribution in [3.63, 3.8) is 0 Å². The van der Waals surface area contributed by atoms with Crippen molar-refractivity contribution in [3.05, 3.63) is 12.2 Å². The summed E-state index contributed by atoms with van der Waals surface area (Å²) in [7, 11) is -1.51. The Kier molecular flexibility index (Phi) is 4.93. The third kappa shape index (κ3) is 4.63. The molecule has 0 aromatic carbocycles. The Bertz CT molecular complexity index is 165. The van der Waals surface area contributed by atoms with Crippen molar-refractivity contribution in [1.82, 2.24) is 0 Å². The van der Waals surface area contributed by atoms with Crippen LogP contribution in [0.1, 0.15) is 34.1 Å². The van der Waals surface area contributed by atoms with E-state index in [1.54, 1.807) is 0 Å². The van der Waals surface area contributed by atoms with Gasteiger partial charge in [0.2, 0.25) is 0 Å². The molecule has 0 aliphatic heterocycles. The maximum absolute atomic E-state index is 5.95. The van der Waals surface area contributed by atoms with Gasteiger partial charge in [0.05, 0.1) is 6.61 Å². The lowest BCUT2D eigenvalue weighted by Crippen LogP contribution is -2.40. The highest BCUT2D eigenvalue weighted by atomic mass is 28.4. The average molecular weight is 200 g/mol. The highest BCUT2D eigenvalue weighted by Gasteiger charge is 2.36. The second kappa shape index (κ2) is 4.96. The molecule has 0 N–H and O–H groups in total. The molecule has 0 aliphatic carbocycles. The highest BCUT2D eigenvalue weighted by Crippen LogP contribution is 2.36. The first-order valence-electron chi connectivity index (χ1n) is 5.10. The van der Waals surface area contributed by atoms with E-state index in [2.05, 4.69) is 52.9 Å². The van der Waals surface area contributed by atoms with Crippen LogP contribution in [0.25, 0.3) is 0 Å². The molecule has 0 aromatic rings. The maximum atomic E-state index is 5.95. The van der Waals surface area contributed by atoms with Crippen molar-refractivity contribution < 1.29 is 4.43 Å². The van der Waals surface area contributed by atoms with Crippen LogP contribution in [0, 0.1) is 0 Å². The molecule has 0 saturated carbocycles. The summed E-state index contributed by atoms with van der Waals surface area (Å²) in [4.78, 5) is 0. The Labute approximate surface area is 84.3 Å². The minimum atomic E-state index is -1.51. The maximum Gasteiger partial charge on any atom is 0.192 e. The third-order valence-corrected chi connectivity index (χ3v) is 7.25. The summed E-state index contributed by atoms with van der Waals surface area (Å²) in [5, 5.41) is 0.326.